The molecule has 2 heterocycles. The topological polar surface area (TPSA) is 8.17 Å². The highest BCUT2D eigenvalue weighted by Gasteiger charge is 2.54. The third-order valence-electron chi connectivity index (χ3n) is 18.4. The standard InChI is InChI=1S/C76H46N2/c1-3-21-52-47(18-1)20-15-27-53(52)49-38-41-50(42-39-49)77(51-43-44-56-55-23-5-9-29-61(55)75(68(56)46-51)62-30-10-6-25-59(62)72-54-22-4-2-19-48(54)40-45-66(72)75)71-37-17-33-65-73(71)60-26-7-11-31-63(60)76(65)64-32-12-14-36-70(64)78-69-35-13-8-24-57(69)58-28-16-34-67(76)74(58)78/h1-46H. The summed E-state index contributed by atoms with van der Waals surface area (Å²) in [5.41, 5.74) is 26.6. The lowest BCUT2D eigenvalue weighted by Crippen LogP contribution is -2.33. The van der Waals surface area contributed by atoms with Gasteiger partial charge in [0.25, 0.3) is 0 Å². The first-order chi connectivity index (χ1) is 38.7. The molecular formula is C76H46N2. The lowest BCUT2D eigenvalue weighted by Gasteiger charge is -2.39. The van der Waals surface area contributed by atoms with Crippen molar-refractivity contribution >= 4 is 60.4 Å². The zero-order valence-electron chi connectivity index (χ0n) is 42.5. The molecule has 1 aliphatic heterocycles. The SMILES string of the molecule is c1ccc2c(c1)-c1ccc(N(c3ccc(-c4cccc5ccccc45)cc3)c3cccc4c3-c3ccccc3C43c4ccccc4-n4c5ccccc5c5cccc3c54)cc1C21c2ccccc2-c2c1ccc1ccccc21. The maximum absolute atomic E-state index is 2.58. The third kappa shape index (κ3) is 5.13. The van der Waals surface area contributed by atoms with E-state index in [1.807, 2.05) is 0 Å². The molecule has 2 atom stereocenters. The minimum Gasteiger partial charge on any atom is -0.310 e. The van der Waals surface area contributed by atoms with E-state index in [0.717, 1.165) is 17.1 Å². The zero-order valence-corrected chi connectivity index (χ0v) is 42.5. The molecule has 3 aliphatic carbocycles. The summed E-state index contributed by atoms with van der Waals surface area (Å²) in [5, 5.41) is 7.60. The number of nitrogens with zero attached hydrogens (tertiary/aromatic N) is 2. The molecule has 1 aromatic heterocycles. The predicted octanol–water partition coefficient (Wildman–Crippen LogP) is 19.2. The Kier molecular flexibility index (Phi) is 8.29. The van der Waals surface area contributed by atoms with Crippen LogP contribution in [-0.4, -0.2) is 4.57 Å². The molecule has 0 saturated heterocycles. The average Bonchev–Trinajstić information content (AvgIpc) is 2.96. The lowest BCUT2D eigenvalue weighted by atomic mass is 9.65. The van der Waals surface area contributed by atoms with Crippen molar-refractivity contribution in [2.24, 2.45) is 0 Å². The van der Waals surface area contributed by atoms with Crippen LogP contribution in [-0.2, 0) is 10.8 Å². The van der Waals surface area contributed by atoms with E-state index in [1.165, 1.54) is 138 Å². The Balaban J connectivity index is 0.929. The fourth-order valence-electron chi connectivity index (χ4n) is 15.5. The van der Waals surface area contributed by atoms with Crippen molar-refractivity contribution in [1.29, 1.82) is 0 Å². The number of fused-ring (bicyclic) bond motifs is 25. The Morgan fingerprint density at radius 1 is 0.282 bits per heavy atom. The molecule has 14 aromatic rings. The van der Waals surface area contributed by atoms with Gasteiger partial charge in [-0.1, -0.05) is 237 Å². The van der Waals surface area contributed by atoms with E-state index in [-0.39, 0.29) is 0 Å². The minimum atomic E-state index is -0.601. The second-order valence-corrected chi connectivity index (χ2v) is 21.8. The number of aromatic nitrogens is 1. The van der Waals surface area contributed by atoms with Gasteiger partial charge in [-0.05, 0) is 147 Å². The molecule has 0 saturated carbocycles. The normalized spacial score (nSPS) is 16.6. The number of hydrogen-bond acceptors (Lipinski definition) is 1. The summed E-state index contributed by atoms with van der Waals surface area (Å²) in [4.78, 5) is 2.58. The van der Waals surface area contributed by atoms with E-state index in [2.05, 4.69) is 289 Å². The number of anilines is 3. The van der Waals surface area contributed by atoms with Gasteiger partial charge in [0.15, 0.2) is 0 Å². The molecule has 4 aliphatic rings. The van der Waals surface area contributed by atoms with Crippen LogP contribution in [0.2, 0.25) is 0 Å². The molecule has 2 heteroatoms. The fraction of sp³-hybridized carbons (Fsp3) is 0.0263. The zero-order chi connectivity index (χ0) is 50.8. The van der Waals surface area contributed by atoms with Gasteiger partial charge in [-0.3, -0.25) is 0 Å². The molecule has 2 nitrogen and oxygen atoms in total. The van der Waals surface area contributed by atoms with Gasteiger partial charge in [-0.25, -0.2) is 0 Å². The smallest absolute Gasteiger partial charge is 0.0755 e. The summed E-state index contributed by atoms with van der Waals surface area (Å²) in [6, 6.07) is 106. The van der Waals surface area contributed by atoms with E-state index in [4.69, 9.17) is 0 Å². The number of hydrogen-bond donors (Lipinski definition) is 0. The highest BCUT2D eigenvalue weighted by Crippen LogP contribution is 2.66. The highest BCUT2D eigenvalue weighted by atomic mass is 15.1. The van der Waals surface area contributed by atoms with E-state index in [9.17, 15) is 0 Å². The van der Waals surface area contributed by atoms with Gasteiger partial charge < -0.3 is 9.47 Å². The maximum Gasteiger partial charge on any atom is 0.0755 e. The molecule has 0 fully saturated rings. The molecule has 0 bridgehead atoms. The van der Waals surface area contributed by atoms with E-state index in [0.29, 0.717) is 0 Å². The summed E-state index contributed by atoms with van der Waals surface area (Å²) in [5.74, 6) is 0. The van der Waals surface area contributed by atoms with Crippen LogP contribution in [0.4, 0.5) is 17.1 Å². The van der Waals surface area contributed by atoms with Crippen LogP contribution < -0.4 is 4.90 Å². The maximum atomic E-state index is 2.58. The molecule has 0 N–H and O–H groups in total. The summed E-state index contributed by atoms with van der Waals surface area (Å²) in [7, 11) is 0. The summed E-state index contributed by atoms with van der Waals surface area (Å²) in [6.45, 7) is 0. The molecule has 13 aromatic carbocycles. The van der Waals surface area contributed by atoms with E-state index < -0.39 is 10.8 Å². The van der Waals surface area contributed by atoms with Crippen LogP contribution in [0.3, 0.4) is 0 Å². The highest BCUT2D eigenvalue weighted by molar-refractivity contribution is 6.14. The van der Waals surface area contributed by atoms with Gasteiger partial charge in [-0.2, -0.15) is 0 Å². The Labute approximate surface area is 452 Å². The quantitative estimate of drug-likeness (QED) is 0.171. The van der Waals surface area contributed by atoms with Crippen molar-refractivity contribution in [3.8, 4) is 50.2 Å². The van der Waals surface area contributed by atoms with E-state index >= 15 is 0 Å². The molecule has 78 heavy (non-hydrogen) atoms. The molecular weight excluding hydrogens is 941 g/mol. The monoisotopic (exact) mass is 986 g/mol. The van der Waals surface area contributed by atoms with Gasteiger partial charge in [-0.15, -0.1) is 0 Å². The number of benzene rings is 13. The second kappa shape index (κ2) is 15.3. The number of rotatable bonds is 4. The van der Waals surface area contributed by atoms with Gasteiger partial charge in [0.05, 0.1) is 33.2 Å². The molecule has 18 rings (SSSR count). The number of para-hydroxylation sites is 3. The Morgan fingerprint density at radius 2 is 0.795 bits per heavy atom. The third-order valence-corrected chi connectivity index (χ3v) is 18.4. The van der Waals surface area contributed by atoms with Crippen molar-refractivity contribution in [1.82, 2.24) is 4.57 Å². The Hall–Kier alpha value is -10.0. The van der Waals surface area contributed by atoms with Crippen LogP contribution in [0.5, 0.6) is 0 Å². The Bertz CT molecular complexity index is 4930. The van der Waals surface area contributed by atoms with Gasteiger partial charge in [0, 0.05) is 27.7 Å². The van der Waals surface area contributed by atoms with Gasteiger partial charge in [0.2, 0.25) is 0 Å². The second-order valence-electron chi connectivity index (χ2n) is 21.8. The first kappa shape index (κ1) is 42.2. The van der Waals surface area contributed by atoms with Crippen LogP contribution in [0.25, 0.3) is 93.5 Å². The largest absolute Gasteiger partial charge is 0.310 e. The van der Waals surface area contributed by atoms with Crippen molar-refractivity contribution < 1.29 is 0 Å². The molecule has 360 valence electrons. The van der Waals surface area contributed by atoms with Crippen LogP contribution in [0.15, 0.2) is 279 Å². The lowest BCUT2D eigenvalue weighted by molar-refractivity contribution is 0.748. The molecule has 0 amide bonds. The molecule has 2 unspecified atom stereocenters. The minimum absolute atomic E-state index is 0.542. The fourth-order valence-corrected chi connectivity index (χ4v) is 15.5. The predicted molar refractivity (Wildman–Crippen MR) is 323 cm³/mol. The average molecular weight is 987 g/mol. The molecule has 2 spiro atoms. The van der Waals surface area contributed by atoms with Gasteiger partial charge in [0.1, 0.15) is 0 Å². The van der Waals surface area contributed by atoms with Crippen molar-refractivity contribution in [3.63, 3.8) is 0 Å². The van der Waals surface area contributed by atoms with Crippen molar-refractivity contribution in [3.05, 3.63) is 324 Å². The van der Waals surface area contributed by atoms with Crippen molar-refractivity contribution in [2.75, 3.05) is 4.90 Å². The van der Waals surface area contributed by atoms with Crippen LogP contribution in [0, 0.1) is 0 Å². The first-order valence-corrected chi connectivity index (χ1v) is 27.3. The summed E-state index contributed by atoms with van der Waals surface area (Å²) < 4.78 is 2.54. The summed E-state index contributed by atoms with van der Waals surface area (Å²) >= 11 is 0. The molecule has 0 radical (unpaired) electrons. The van der Waals surface area contributed by atoms with Gasteiger partial charge >= 0.3 is 0 Å². The Morgan fingerprint density at radius 3 is 1.60 bits per heavy atom. The summed E-state index contributed by atoms with van der Waals surface area (Å²) in [6.07, 6.45) is 0. The first-order valence-electron chi connectivity index (χ1n) is 27.3. The van der Waals surface area contributed by atoms with Crippen LogP contribution >= 0.6 is 0 Å². The van der Waals surface area contributed by atoms with Crippen LogP contribution in [0.1, 0.15) is 44.5 Å². The van der Waals surface area contributed by atoms with E-state index in [1.54, 1.807) is 0 Å². The van der Waals surface area contributed by atoms with Crippen molar-refractivity contribution in [2.45, 2.75) is 10.8 Å².